The van der Waals surface area contributed by atoms with Crippen LogP contribution in [0.3, 0.4) is 0 Å². The average molecular weight is 335 g/mol. The van der Waals surface area contributed by atoms with Crippen LogP contribution in [0, 0.1) is 24.1 Å². The summed E-state index contributed by atoms with van der Waals surface area (Å²) in [5.41, 5.74) is 5.00. The van der Waals surface area contributed by atoms with E-state index in [4.69, 9.17) is 5.26 Å². The van der Waals surface area contributed by atoms with Gasteiger partial charge in [-0.15, -0.1) is 11.3 Å². The van der Waals surface area contributed by atoms with Crippen LogP contribution >= 0.6 is 11.3 Å². The Labute approximate surface area is 146 Å². The molecule has 3 aromatic rings. The number of halogens is 1. The van der Waals surface area contributed by atoms with E-state index in [0.29, 0.717) is 0 Å². The van der Waals surface area contributed by atoms with Crippen LogP contribution in [-0.4, -0.2) is 0 Å². The van der Waals surface area contributed by atoms with Crippen LogP contribution < -0.4 is 0 Å². The highest BCUT2D eigenvalue weighted by Gasteiger charge is 2.09. The quantitative estimate of drug-likeness (QED) is 0.583. The zero-order chi connectivity index (χ0) is 17.1. The number of benzene rings is 2. The zero-order valence-electron chi connectivity index (χ0n) is 13.8. The fourth-order valence-corrected chi connectivity index (χ4v) is 3.87. The van der Waals surface area contributed by atoms with Crippen molar-refractivity contribution in [3.05, 3.63) is 81.5 Å². The lowest BCUT2D eigenvalue weighted by Gasteiger charge is -2.08. The van der Waals surface area contributed by atoms with E-state index in [9.17, 15) is 4.39 Å². The Morgan fingerprint density at radius 3 is 2.62 bits per heavy atom. The van der Waals surface area contributed by atoms with Crippen molar-refractivity contribution < 1.29 is 4.39 Å². The van der Waals surface area contributed by atoms with Gasteiger partial charge in [0, 0.05) is 16.2 Å². The second kappa shape index (κ2) is 6.98. The number of thiophene rings is 1. The molecule has 24 heavy (non-hydrogen) atoms. The smallest absolute Gasteiger partial charge is 0.140 e. The summed E-state index contributed by atoms with van der Waals surface area (Å²) in [7, 11) is 0. The first kappa shape index (κ1) is 16.4. The molecule has 0 unspecified atom stereocenters. The SMILES string of the molecule is CCc1ccc(C)cc1Cc1ccc(-c2ccc(F)c(C#N)c2)s1. The van der Waals surface area contributed by atoms with Crippen LogP contribution in [-0.2, 0) is 12.8 Å². The van der Waals surface area contributed by atoms with Crippen LogP contribution in [0.25, 0.3) is 10.4 Å². The maximum Gasteiger partial charge on any atom is 0.140 e. The third-order valence-electron chi connectivity index (χ3n) is 4.14. The van der Waals surface area contributed by atoms with Crippen LogP contribution in [0.4, 0.5) is 4.39 Å². The molecule has 2 aromatic carbocycles. The summed E-state index contributed by atoms with van der Waals surface area (Å²) in [6.07, 6.45) is 1.93. The minimum atomic E-state index is -0.467. The molecule has 0 aliphatic carbocycles. The summed E-state index contributed by atoms with van der Waals surface area (Å²) in [6.45, 7) is 4.29. The highest BCUT2D eigenvalue weighted by Crippen LogP contribution is 2.31. The van der Waals surface area contributed by atoms with Crippen molar-refractivity contribution >= 4 is 11.3 Å². The Kier molecular flexibility index (Phi) is 4.78. The predicted molar refractivity (Wildman–Crippen MR) is 97.8 cm³/mol. The van der Waals surface area contributed by atoms with Gasteiger partial charge in [0.1, 0.15) is 11.9 Å². The van der Waals surface area contributed by atoms with Gasteiger partial charge in [-0.1, -0.05) is 36.8 Å². The van der Waals surface area contributed by atoms with Crippen molar-refractivity contribution in [3.8, 4) is 16.5 Å². The second-order valence-electron chi connectivity index (χ2n) is 5.87. The second-order valence-corrected chi connectivity index (χ2v) is 7.04. The molecule has 1 aromatic heterocycles. The van der Waals surface area contributed by atoms with Gasteiger partial charge in [0.25, 0.3) is 0 Å². The molecule has 0 amide bonds. The molecule has 1 nitrogen and oxygen atoms in total. The molecule has 3 rings (SSSR count). The van der Waals surface area contributed by atoms with Gasteiger partial charge in [-0.2, -0.15) is 5.26 Å². The van der Waals surface area contributed by atoms with Crippen molar-refractivity contribution in [2.45, 2.75) is 26.7 Å². The molecule has 0 aliphatic rings. The third kappa shape index (κ3) is 3.39. The van der Waals surface area contributed by atoms with E-state index >= 15 is 0 Å². The lowest BCUT2D eigenvalue weighted by molar-refractivity contribution is 0.624. The largest absolute Gasteiger partial charge is 0.206 e. The van der Waals surface area contributed by atoms with Gasteiger partial charge in [-0.05, 0) is 54.3 Å². The number of nitriles is 1. The van der Waals surface area contributed by atoms with Gasteiger partial charge >= 0.3 is 0 Å². The van der Waals surface area contributed by atoms with Crippen molar-refractivity contribution in [3.63, 3.8) is 0 Å². The average Bonchev–Trinajstić information content (AvgIpc) is 3.04. The van der Waals surface area contributed by atoms with Crippen molar-refractivity contribution in [1.82, 2.24) is 0 Å². The Hall–Kier alpha value is -2.44. The molecular formula is C21H18FNS. The van der Waals surface area contributed by atoms with E-state index in [1.54, 1.807) is 23.5 Å². The van der Waals surface area contributed by atoms with Gasteiger partial charge in [0.2, 0.25) is 0 Å². The van der Waals surface area contributed by atoms with Gasteiger partial charge < -0.3 is 0 Å². The molecule has 0 fully saturated rings. The fraction of sp³-hybridized carbons (Fsp3) is 0.190. The summed E-state index contributed by atoms with van der Waals surface area (Å²) in [5, 5.41) is 8.99. The maximum absolute atomic E-state index is 13.5. The lowest BCUT2D eigenvalue weighted by Crippen LogP contribution is -1.93. The molecule has 0 spiro atoms. The molecule has 0 bridgehead atoms. The van der Waals surface area contributed by atoms with Gasteiger partial charge in [-0.25, -0.2) is 4.39 Å². The molecule has 0 aliphatic heterocycles. The van der Waals surface area contributed by atoms with Crippen LogP contribution in [0.1, 0.15) is 34.1 Å². The number of rotatable bonds is 4. The molecule has 1 heterocycles. The van der Waals surface area contributed by atoms with Crippen LogP contribution in [0.15, 0.2) is 48.5 Å². The monoisotopic (exact) mass is 335 g/mol. The van der Waals surface area contributed by atoms with Crippen molar-refractivity contribution in [2.75, 3.05) is 0 Å². The summed E-state index contributed by atoms with van der Waals surface area (Å²) in [6, 6.07) is 17.4. The van der Waals surface area contributed by atoms with Crippen molar-refractivity contribution in [1.29, 1.82) is 5.26 Å². The first-order valence-electron chi connectivity index (χ1n) is 7.98. The Morgan fingerprint density at radius 2 is 1.88 bits per heavy atom. The van der Waals surface area contributed by atoms with E-state index in [0.717, 1.165) is 23.3 Å². The van der Waals surface area contributed by atoms with E-state index in [-0.39, 0.29) is 5.56 Å². The highest BCUT2D eigenvalue weighted by molar-refractivity contribution is 7.15. The third-order valence-corrected chi connectivity index (χ3v) is 5.27. The topological polar surface area (TPSA) is 23.8 Å². The fourth-order valence-electron chi connectivity index (χ4n) is 2.84. The number of hydrogen-bond donors (Lipinski definition) is 0. The van der Waals surface area contributed by atoms with Gasteiger partial charge in [-0.3, -0.25) is 0 Å². The zero-order valence-corrected chi connectivity index (χ0v) is 14.6. The van der Waals surface area contributed by atoms with E-state index in [1.807, 2.05) is 6.07 Å². The standard InChI is InChI=1S/C21H18FNS/c1-3-15-5-4-14(2)10-17(15)12-19-7-9-21(24-19)16-6-8-20(22)18(11-16)13-23/h4-11H,3,12H2,1-2H3. The molecule has 0 radical (unpaired) electrons. The number of nitrogens with zero attached hydrogens (tertiary/aromatic N) is 1. The summed E-state index contributed by atoms with van der Waals surface area (Å²) < 4.78 is 13.5. The van der Waals surface area contributed by atoms with Crippen LogP contribution in [0.2, 0.25) is 0 Å². The molecule has 0 saturated carbocycles. The molecular weight excluding hydrogens is 317 g/mol. The Morgan fingerprint density at radius 1 is 1.04 bits per heavy atom. The molecule has 120 valence electrons. The predicted octanol–water partition coefficient (Wildman–Crippen LogP) is 5.89. The number of aryl methyl sites for hydroxylation is 2. The molecule has 3 heteroatoms. The Bertz CT molecular complexity index is 918. The van der Waals surface area contributed by atoms with E-state index in [2.05, 4.69) is 44.2 Å². The first-order chi connectivity index (χ1) is 11.6. The van der Waals surface area contributed by atoms with Gasteiger partial charge in [0.05, 0.1) is 5.56 Å². The van der Waals surface area contributed by atoms with Gasteiger partial charge in [0.15, 0.2) is 0 Å². The summed E-state index contributed by atoms with van der Waals surface area (Å²) in [5.74, 6) is -0.467. The highest BCUT2D eigenvalue weighted by atomic mass is 32.1. The maximum atomic E-state index is 13.5. The van der Waals surface area contributed by atoms with E-state index in [1.165, 1.54) is 27.6 Å². The summed E-state index contributed by atoms with van der Waals surface area (Å²) >= 11 is 1.70. The molecule has 0 atom stereocenters. The minimum absolute atomic E-state index is 0.0920. The van der Waals surface area contributed by atoms with Crippen molar-refractivity contribution in [2.24, 2.45) is 0 Å². The number of hydrogen-bond acceptors (Lipinski definition) is 2. The van der Waals surface area contributed by atoms with E-state index < -0.39 is 5.82 Å². The molecule has 0 saturated heterocycles. The molecule has 0 N–H and O–H groups in total. The first-order valence-corrected chi connectivity index (χ1v) is 8.79. The minimum Gasteiger partial charge on any atom is -0.206 e. The normalized spacial score (nSPS) is 10.6. The Balaban J connectivity index is 1.89. The van der Waals surface area contributed by atoms with Crippen LogP contribution in [0.5, 0.6) is 0 Å². The summed E-state index contributed by atoms with van der Waals surface area (Å²) in [4.78, 5) is 2.33. The lowest BCUT2D eigenvalue weighted by atomic mass is 9.99.